The number of halogens is 1. The number of aromatic hydroxyl groups is 2. The number of benzene rings is 1. The minimum Gasteiger partial charge on any atom is -0.508 e. The number of aliphatic hydroxyl groups excluding tert-OH is 1. The van der Waals surface area contributed by atoms with E-state index < -0.39 is 0 Å². The van der Waals surface area contributed by atoms with Crippen LogP contribution in [-0.2, 0) is 6.42 Å². The summed E-state index contributed by atoms with van der Waals surface area (Å²) < 4.78 is 0. The van der Waals surface area contributed by atoms with Crippen molar-refractivity contribution in [2.75, 3.05) is 13.2 Å². The normalized spacial score (nSPS) is 11.9. The molecule has 0 spiro atoms. The first-order valence-corrected chi connectivity index (χ1v) is 5.01. The monoisotopic (exact) mass is 291 g/mol. The third kappa shape index (κ3) is 4.83. The number of likely N-dealkylation sites (N-methyl/N-ethyl adjacent to an activating group) is 1. The summed E-state index contributed by atoms with van der Waals surface area (Å²) in [5, 5.41) is 30.7. The van der Waals surface area contributed by atoms with Crippen LogP contribution in [0.15, 0.2) is 18.2 Å². The number of nitrogens with one attached hydrogen (secondary N) is 1. The molecule has 0 aliphatic carbocycles. The topological polar surface area (TPSA) is 72.7 Å². The van der Waals surface area contributed by atoms with Crippen molar-refractivity contribution in [3.63, 3.8) is 0 Å². The Labute approximate surface area is 106 Å². The molecule has 0 aliphatic rings. The van der Waals surface area contributed by atoms with Crippen LogP contribution in [0.5, 0.6) is 11.5 Å². The van der Waals surface area contributed by atoms with Crippen LogP contribution >= 0.6 is 17.0 Å². The molecule has 5 heteroatoms. The quantitative estimate of drug-likeness (QED) is 0.658. The summed E-state index contributed by atoms with van der Waals surface area (Å²) in [5.74, 6) is 0.0800. The molecule has 16 heavy (non-hydrogen) atoms. The molecule has 0 saturated heterocycles. The van der Waals surface area contributed by atoms with Gasteiger partial charge in [-0.25, -0.2) is 0 Å². The van der Waals surface area contributed by atoms with Crippen molar-refractivity contribution >= 4 is 17.0 Å². The molecule has 0 radical (unpaired) electrons. The standard InChI is InChI=1S/C11H17NO3.BrH/c1-2-12-9(7-13)3-8-4-10(14)6-11(15)5-8;/h4-6,9,12-15H,2-3,7H2,1H3;1H. The first-order chi connectivity index (χ1) is 7.15. The molecule has 0 fully saturated rings. The zero-order chi connectivity index (χ0) is 11.3. The van der Waals surface area contributed by atoms with Crippen molar-refractivity contribution in [2.45, 2.75) is 19.4 Å². The molecule has 0 aliphatic heterocycles. The van der Waals surface area contributed by atoms with Crippen LogP contribution in [0.4, 0.5) is 0 Å². The first-order valence-electron chi connectivity index (χ1n) is 5.01. The van der Waals surface area contributed by atoms with Gasteiger partial charge in [0.15, 0.2) is 0 Å². The van der Waals surface area contributed by atoms with E-state index in [-0.39, 0.29) is 41.1 Å². The average molecular weight is 292 g/mol. The van der Waals surface area contributed by atoms with Crippen LogP contribution in [-0.4, -0.2) is 34.5 Å². The van der Waals surface area contributed by atoms with E-state index in [0.29, 0.717) is 6.42 Å². The van der Waals surface area contributed by atoms with Gasteiger partial charge in [-0.1, -0.05) is 6.92 Å². The summed E-state index contributed by atoms with van der Waals surface area (Å²) in [6, 6.07) is 4.40. The molecule has 0 bridgehead atoms. The first kappa shape index (κ1) is 15.2. The lowest BCUT2D eigenvalue weighted by Crippen LogP contribution is -2.34. The summed E-state index contributed by atoms with van der Waals surface area (Å²) in [6.45, 7) is 2.77. The molecular formula is C11H18BrNO3. The number of hydrogen-bond acceptors (Lipinski definition) is 4. The van der Waals surface area contributed by atoms with Gasteiger partial charge in [-0.3, -0.25) is 0 Å². The maximum atomic E-state index is 9.27. The van der Waals surface area contributed by atoms with E-state index in [9.17, 15) is 10.2 Å². The smallest absolute Gasteiger partial charge is 0.119 e. The summed E-state index contributed by atoms with van der Waals surface area (Å²) in [5.41, 5.74) is 0.799. The number of rotatable bonds is 5. The fourth-order valence-corrected chi connectivity index (χ4v) is 1.55. The van der Waals surface area contributed by atoms with Crippen molar-refractivity contribution in [3.8, 4) is 11.5 Å². The van der Waals surface area contributed by atoms with Gasteiger partial charge in [0.05, 0.1) is 6.61 Å². The van der Waals surface area contributed by atoms with E-state index in [4.69, 9.17) is 5.11 Å². The molecule has 0 heterocycles. The number of aliphatic hydroxyl groups is 1. The summed E-state index contributed by atoms with van der Waals surface area (Å²) >= 11 is 0. The van der Waals surface area contributed by atoms with Crippen LogP contribution in [0.25, 0.3) is 0 Å². The van der Waals surface area contributed by atoms with E-state index >= 15 is 0 Å². The SMILES string of the molecule is Br.CCNC(CO)Cc1cc(O)cc(O)c1. The Morgan fingerprint density at radius 2 is 1.75 bits per heavy atom. The Morgan fingerprint density at radius 3 is 2.19 bits per heavy atom. The van der Waals surface area contributed by atoms with Gasteiger partial charge in [0.2, 0.25) is 0 Å². The van der Waals surface area contributed by atoms with Gasteiger partial charge in [-0.05, 0) is 30.7 Å². The second-order valence-corrected chi connectivity index (χ2v) is 3.50. The molecule has 1 aromatic rings. The fourth-order valence-electron chi connectivity index (χ4n) is 1.55. The Morgan fingerprint density at radius 1 is 1.19 bits per heavy atom. The summed E-state index contributed by atoms with van der Waals surface area (Å²) in [4.78, 5) is 0. The third-order valence-electron chi connectivity index (χ3n) is 2.16. The molecule has 0 amide bonds. The van der Waals surface area contributed by atoms with Gasteiger partial charge in [-0.15, -0.1) is 17.0 Å². The maximum absolute atomic E-state index is 9.27. The number of hydrogen-bond donors (Lipinski definition) is 4. The van der Waals surface area contributed by atoms with E-state index in [1.807, 2.05) is 6.92 Å². The Bertz CT molecular complexity index is 300. The molecule has 92 valence electrons. The molecule has 1 rings (SSSR count). The van der Waals surface area contributed by atoms with Crippen molar-refractivity contribution in [2.24, 2.45) is 0 Å². The molecule has 1 aromatic carbocycles. The van der Waals surface area contributed by atoms with Crippen molar-refractivity contribution in [1.82, 2.24) is 5.32 Å². The summed E-state index contributed by atoms with van der Waals surface area (Å²) in [7, 11) is 0. The summed E-state index contributed by atoms with van der Waals surface area (Å²) in [6.07, 6.45) is 0.576. The van der Waals surface area contributed by atoms with Crippen LogP contribution < -0.4 is 5.32 Å². The van der Waals surface area contributed by atoms with Gasteiger partial charge in [-0.2, -0.15) is 0 Å². The van der Waals surface area contributed by atoms with E-state index in [2.05, 4.69) is 5.32 Å². The third-order valence-corrected chi connectivity index (χ3v) is 2.16. The average Bonchev–Trinajstić information content (AvgIpc) is 2.15. The van der Waals surface area contributed by atoms with Gasteiger partial charge < -0.3 is 20.6 Å². The maximum Gasteiger partial charge on any atom is 0.119 e. The number of phenols is 2. The van der Waals surface area contributed by atoms with Crippen molar-refractivity contribution < 1.29 is 15.3 Å². The van der Waals surface area contributed by atoms with Crippen LogP contribution in [0.3, 0.4) is 0 Å². The largest absolute Gasteiger partial charge is 0.508 e. The highest BCUT2D eigenvalue weighted by molar-refractivity contribution is 8.93. The Hall–Kier alpha value is -0.780. The lowest BCUT2D eigenvalue weighted by atomic mass is 10.1. The zero-order valence-corrected chi connectivity index (χ0v) is 10.9. The van der Waals surface area contributed by atoms with Crippen molar-refractivity contribution in [3.05, 3.63) is 23.8 Å². The predicted octanol–water partition coefficient (Wildman–Crippen LogP) is 1.19. The fraction of sp³-hybridized carbons (Fsp3) is 0.455. The highest BCUT2D eigenvalue weighted by Crippen LogP contribution is 2.21. The van der Waals surface area contributed by atoms with Crippen molar-refractivity contribution in [1.29, 1.82) is 0 Å². The molecular weight excluding hydrogens is 274 g/mol. The highest BCUT2D eigenvalue weighted by Gasteiger charge is 2.08. The minimum absolute atomic E-state index is 0. The zero-order valence-electron chi connectivity index (χ0n) is 9.18. The predicted molar refractivity (Wildman–Crippen MR) is 68.3 cm³/mol. The van der Waals surface area contributed by atoms with Gasteiger partial charge in [0, 0.05) is 12.1 Å². The molecule has 0 saturated carbocycles. The minimum atomic E-state index is -0.0452. The molecule has 1 atom stereocenters. The Balaban J connectivity index is 0.00000225. The van der Waals surface area contributed by atoms with Crippen LogP contribution in [0.1, 0.15) is 12.5 Å². The van der Waals surface area contributed by atoms with E-state index in [1.165, 1.54) is 6.07 Å². The lowest BCUT2D eigenvalue weighted by molar-refractivity contribution is 0.243. The van der Waals surface area contributed by atoms with Crippen LogP contribution in [0, 0.1) is 0 Å². The second kappa shape index (κ2) is 7.49. The highest BCUT2D eigenvalue weighted by atomic mass is 79.9. The van der Waals surface area contributed by atoms with Gasteiger partial charge in [0.25, 0.3) is 0 Å². The Kier molecular flexibility index (Phi) is 7.12. The van der Waals surface area contributed by atoms with Crippen LogP contribution in [0.2, 0.25) is 0 Å². The van der Waals surface area contributed by atoms with Gasteiger partial charge >= 0.3 is 0 Å². The second-order valence-electron chi connectivity index (χ2n) is 3.50. The lowest BCUT2D eigenvalue weighted by Gasteiger charge is -2.15. The van der Waals surface area contributed by atoms with Gasteiger partial charge in [0.1, 0.15) is 11.5 Å². The van der Waals surface area contributed by atoms with E-state index in [0.717, 1.165) is 12.1 Å². The molecule has 1 unspecified atom stereocenters. The molecule has 4 N–H and O–H groups in total. The van der Waals surface area contributed by atoms with E-state index in [1.54, 1.807) is 12.1 Å². The molecule has 4 nitrogen and oxygen atoms in total. The number of phenolic OH excluding ortho intramolecular Hbond substituents is 2. The molecule has 0 aromatic heterocycles.